The highest BCUT2D eigenvalue weighted by molar-refractivity contribution is 8.00. The Labute approximate surface area is 153 Å². The lowest BCUT2D eigenvalue weighted by molar-refractivity contribution is -0.151. The van der Waals surface area contributed by atoms with Crippen LogP contribution in [-0.4, -0.2) is 55.4 Å². The van der Waals surface area contributed by atoms with Crippen LogP contribution in [0.3, 0.4) is 0 Å². The van der Waals surface area contributed by atoms with Gasteiger partial charge in [-0.1, -0.05) is 34.8 Å². The highest BCUT2D eigenvalue weighted by Gasteiger charge is 2.18. The molecule has 0 aliphatic carbocycles. The minimum absolute atomic E-state index is 0.0219. The number of halogens is 3. The Morgan fingerprint density at radius 2 is 1.87 bits per heavy atom. The molecule has 126 valence electrons. The van der Waals surface area contributed by atoms with Crippen molar-refractivity contribution in [2.75, 3.05) is 38.7 Å². The van der Waals surface area contributed by atoms with Crippen molar-refractivity contribution in [3.63, 3.8) is 0 Å². The van der Waals surface area contributed by atoms with Crippen molar-refractivity contribution < 1.29 is 19.1 Å². The van der Waals surface area contributed by atoms with Crippen molar-refractivity contribution in [1.82, 2.24) is 4.90 Å². The Balaban J connectivity index is 1.77. The van der Waals surface area contributed by atoms with E-state index >= 15 is 0 Å². The molecule has 0 atom stereocenters. The van der Waals surface area contributed by atoms with E-state index in [1.807, 2.05) is 0 Å². The summed E-state index contributed by atoms with van der Waals surface area (Å²) in [7, 11) is 0. The number of amides is 1. The van der Waals surface area contributed by atoms with Crippen LogP contribution in [0.5, 0.6) is 0 Å². The summed E-state index contributed by atoms with van der Waals surface area (Å²) >= 11 is 19.0. The molecule has 1 aromatic carbocycles. The van der Waals surface area contributed by atoms with Gasteiger partial charge in [-0.15, -0.1) is 11.8 Å². The number of esters is 1. The van der Waals surface area contributed by atoms with Gasteiger partial charge in [0.2, 0.25) is 0 Å². The van der Waals surface area contributed by atoms with Gasteiger partial charge in [0.25, 0.3) is 5.91 Å². The third-order valence-corrected chi connectivity index (χ3v) is 5.50. The number of ether oxygens (including phenoxy) is 2. The van der Waals surface area contributed by atoms with E-state index < -0.39 is 5.97 Å². The summed E-state index contributed by atoms with van der Waals surface area (Å²) in [4.78, 5) is 25.8. The van der Waals surface area contributed by atoms with Gasteiger partial charge in [-0.3, -0.25) is 9.59 Å². The van der Waals surface area contributed by atoms with Crippen LogP contribution >= 0.6 is 46.6 Å². The van der Waals surface area contributed by atoms with Crippen LogP contribution in [0.25, 0.3) is 0 Å². The molecular formula is C14H14Cl3NO4S. The van der Waals surface area contributed by atoms with Crippen molar-refractivity contribution in [2.24, 2.45) is 0 Å². The average molecular weight is 399 g/mol. The molecule has 1 aliphatic heterocycles. The lowest BCUT2D eigenvalue weighted by atomic mass is 10.4. The molecular weight excluding hydrogens is 385 g/mol. The number of carbonyl (C=O) groups excluding carboxylic acids is 2. The third-order valence-electron chi connectivity index (χ3n) is 3.07. The van der Waals surface area contributed by atoms with Gasteiger partial charge in [-0.05, 0) is 12.1 Å². The monoisotopic (exact) mass is 397 g/mol. The van der Waals surface area contributed by atoms with Gasteiger partial charge in [0, 0.05) is 18.0 Å². The Kier molecular flexibility index (Phi) is 7.30. The van der Waals surface area contributed by atoms with Gasteiger partial charge in [0.1, 0.15) is 0 Å². The van der Waals surface area contributed by atoms with Crippen LogP contribution in [-0.2, 0) is 19.1 Å². The van der Waals surface area contributed by atoms with Gasteiger partial charge in [0.05, 0.1) is 34.0 Å². The second kappa shape index (κ2) is 8.99. The molecule has 0 radical (unpaired) electrons. The quantitative estimate of drug-likeness (QED) is 0.433. The molecule has 1 saturated heterocycles. The fraction of sp³-hybridized carbons (Fsp3) is 0.429. The highest BCUT2D eigenvalue weighted by atomic mass is 35.5. The first-order valence-electron chi connectivity index (χ1n) is 6.76. The maximum Gasteiger partial charge on any atom is 0.316 e. The van der Waals surface area contributed by atoms with E-state index in [1.54, 1.807) is 17.0 Å². The van der Waals surface area contributed by atoms with Crippen LogP contribution < -0.4 is 0 Å². The number of morpholine rings is 1. The second-order valence-electron chi connectivity index (χ2n) is 4.62. The number of thioether (sulfide) groups is 1. The van der Waals surface area contributed by atoms with Gasteiger partial charge in [-0.2, -0.15) is 0 Å². The molecule has 0 spiro atoms. The number of carbonyl (C=O) groups is 2. The molecule has 0 unspecified atom stereocenters. The zero-order valence-electron chi connectivity index (χ0n) is 12.0. The molecule has 9 heteroatoms. The fourth-order valence-electron chi connectivity index (χ4n) is 1.84. The van der Waals surface area contributed by atoms with Gasteiger partial charge < -0.3 is 14.4 Å². The smallest absolute Gasteiger partial charge is 0.316 e. The van der Waals surface area contributed by atoms with Crippen LogP contribution in [0.15, 0.2) is 17.0 Å². The molecule has 0 saturated carbocycles. The molecule has 23 heavy (non-hydrogen) atoms. The maximum absolute atomic E-state index is 11.8. The van der Waals surface area contributed by atoms with Crippen molar-refractivity contribution in [3.8, 4) is 0 Å². The first-order chi connectivity index (χ1) is 11.0. The van der Waals surface area contributed by atoms with E-state index in [0.717, 1.165) is 0 Å². The zero-order valence-corrected chi connectivity index (χ0v) is 15.1. The average Bonchev–Trinajstić information content (AvgIpc) is 2.57. The Morgan fingerprint density at radius 3 is 2.57 bits per heavy atom. The van der Waals surface area contributed by atoms with Crippen LogP contribution in [0.2, 0.25) is 15.1 Å². The third kappa shape index (κ3) is 5.43. The van der Waals surface area contributed by atoms with E-state index in [9.17, 15) is 9.59 Å². The number of benzene rings is 1. The summed E-state index contributed by atoms with van der Waals surface area (Å²) in [5.41, 5.74) is 0. The standard InChI is InChI=1S/C14H14Cl3NO4S/c15-9-1-2-10(14(17)13(9)16)23-8-12(20)22-7-11(19)18-3-5-21-6-4-18/h1-2H,3-8H2. The van der Waals surface area contributed by atoms with E-state index in [-0.39, 0.29) is 23.3 Å². The Hall–Kier alpha value is -0.660. The molecule has 0 aromatic heterocycles. The molecule has 2 rings (SSSR count). The second-order valence-corrected chi connectivity index (χ2v) is 6.80. The number of hydrogen-bond acceptors (Lipinski definition) is 5. The summed E-state index contributed by atoms with van der Waals surface area (Å²) in [6.45, 7) is 1.78. The number of hydrogen-bond donors (Lipinski definition) is 0. The predicted molar refractivity (Wildman–Crippen MR) is 90.6 cm³/mol. The largest absolute Gasteiger partial charge is 0.455 e. The molecule has 0 bridgehead atoms. The molecule has 1 heterocycles. The van der Waals surface area contributed by atoms with E-state index in [2.05, 4.69) is 0 Å². The highest BCUT2D eigenvalue weighted by Crippen LogP contribution is 2.37. The van der Waals surface area contributed by atoms with Crippen molar-refractivity contribution in [2.45, 2.75) is 4.90 Å². The molecule has 5 nitrogen and oxygen atoms in total. The predicted octanol–water partition coefficient (Wildman–Crippen LogP) is 3.14. The fourth-order valence-corrected chi connectivity index (χ4v) is 3.35. The number of rotatable bonds is 5. The van der Waals surface area contributed by atoms with Crippen LogP contribution in [0, 0.1) is 0 Å². The molecule has 1 amide bonds. The van der Waals surface area contributed by atoms with Crippen molar-refractivity contribution in [3.05, 3.63) is 27.2 Å². The van der Waals surface area contributed by atoms with Crippen molar-refractivity contribution in [1.29, 1.82) is 0 Å². The SMILES string of the molecule is O=C(CSc1ccc(Cl)c(Cl)c1Cl)OCC(=O)N1CCOCC1. The van der Waals surface area contributed by atoms with Gasteiger partial charge in [0.15, 0.2) is 6.61 Å². The van der Waals surface area contributed by atoms with E-state index in [0.29, 0.717) is 41.2 Å². The van der Waals surface area contributed by atoms with Crippen LogP contribution in [0.1, 0.15) is 0 Å². The molecule has 1 aromatic rings. The molecule has 1 fully saturated rings. The summed E-state index contributed by atoms with van der Waals surface area (Å²) in [6.07, 6.45) is 0. The lowest BCUT2D eigenvalue weighted by Crippen LogP contribution is -2.42. The first kappa shape index (κ1) is 18.7. The minimum atomic E-state index is -0.501. The summed E-state index contributed by atoms with van der Waals surface area (Å²) in [5.74, 6) is -0.702. The summed E-state index contributed by atoms with van der Waals surface area (Å²) in [6, 6.07) is 3.28. The molecule has 0 N–H and O–H groups in total. The van der Waals surface area contributed by atoms with Gasteiger partial charge >= 0.3 is 5.97 Å². The summed E-state index contributed by atoms with van der Waals surface area (Å²) < 4.78 is 10.1. The summed E-state index contributed by atoms with van der Waals surface area (Å²) in [5, 5.41) is 0.884. The van der Waals surface area contributed by atoms with E-state index in [1.165, 1.54) is 11.8 Å². The Bertz CT molecular complexity index is 594. The number of nitrogens with zero attached hydrogens (tertiary/aromatic N) is 1. The maximum atomic E-state index is 11.8. The normalized spacial score (nSPS) is 14.7. The Morgan fingerprint density at radius 1 is 1.17 bits per heavy atom. The topological polar surface area (TPSA) is 55.8 Å². The molecule has 1 aliphatic rings. The lowest BCUT2D eigenvalue weighted by Gasteiger charge is -2.26. The van der Waals surface area contributed by atoms with Gasteiger partial charge in [-0.25, -0.2) is 0 Å². The zero-order chi connectivity index (χ0) is 16.8. The van der Waals surface area contributed by atoms with Crippen molar-refractivity contribution >= 4 is 58.4 Å². The van der Waals surface area contributed by atoms with Crippen LogP contribution in [0.4, 0.5) is 0 Å². The first-order valence-corrected chi connectivity index (χ1v) is 8.88. The van der Waals surface area contributed by atoms with E-state index in [4.69, 9.17) is 44.3 Å². The minimum Gasteiger partial charge on any atom is -0.455 e.